The van der Waals surface area contributed by atoms with Crippen LogP contribution in [0.3, 0.4) is 0 Å². The summed E-state index contributed by atoms with van der Waals surface area (Å²) in [5, 5.41) is 7.54. The van der Waals surface area contributed by atoms with Gasteiger partial charge in [-0.25, -0.2) is 0 Å². The summed E-state index contributed by atoms with van der Waals surface area (Å²) in [5.41, 5.74) is 0.302. The van der Waals surface area contributed by atoms with E-state index in [0.29, 0.717) is 11.6 Å². The molecule has 0 aromatic rings. The van der Waals surface area contributed by atoms with E-state index in [1.807, 2.05) is 7.05 Å². The van der Waals surface area contributed by atoms with Gasteiger partial charge in [-0.2, -0.15) is 0 Å². The number of hydrogen-bond donors (Lipinski definition) is 2. The Hall–Kier alpha value is -0.850. The average molecular weight is 419 g/mol. The van der Waals surface area contributed by atoms with E-state index >= 15 is 0 Å². The van der Waals surface area contributed by atoms with Gasteiger partial charge in [0.05, 0.1) is 0 Å². The number of rotatable bonds is 5. The Kier molecular flexibility index (Phi) is 7.93. The maximum atomic E-state index is 4.61. The summed E-state index contributed by atoms with van der Waals surface area (Å²) in [7, 11) is 4.21. The molecule has 4 rings (SSSR count). The van der Waals surface area contributed by atoms with Crippen LogP contribution in [-0.2, 0) is 0 Å². The second-order valence-corrected chi connectivity index (χ2v) is 10.4. The van der Waals surface area contributed by atoms with Crippen LogP contribution in [0, 0.1) is 0 Å². The SMILES string of the molecule is CN=C(NCC1(N2CCCCC2)CCN(C)CC1)NC1CCN(C2CCCC2)CC1. The molecule has 1 aliphatic carbocycles. The molecule has 0 amide bonds. The predicted octanol–water partition coefficient (Wildman–Crippen LogP) is 2.51. The van der Waals surface area contributed by atoms with Crippen LogP contribution in [-0.4, -0.2) is 98.2 Å². The molecule has 0 radical (unpaired) electrons. The number of likely N-dealkylation sites (tertiary alicyclic amines) is 3. The molecule has 4 aliphatic rings. The van der Waals surface area contributed by atoms with Crippen molar-refractivity contribution in [1.82, 2.24) is 25.3 Å². The van der Waals surface area contributed by atoms with Crippen LogP contribution in [0.15, 0.2) is 4.99 Å². The molecule has 4 fully saturated rings. The Balaban J connectivity index is 1.28. The topological polar surface area (TPSA) is 46.1 Å². The first kappa shape index (κ1) is 22.3. The molecule has 0 bridgehead atoms. The van der Waals surface area contributed by atoms with Crippen LogP contribution in [0.25, 0.3) is 0 Å². The van der Waals surface area contributed by atoms with Gasteiger partial charge < -0.3 is 20.4 Å². The van der Waals surface area contributed by atoms with Crippen LogP contribution in [0.2, 0.25) is 0 Å². The molecule has 172 valence electrons. The van der Waals surface area contributed by atoms with Gasteiger partial charge in [0.25, 0.3) is 0 Å². The average Bonchev–Trinajstić information content (AvgIpc) is 3.34. The summed E-state index contributed by atoms with van der Waals surface area (Å²) in [5.74, 6) is 1.02. The molecule has 30 heavy (non-hydrogen) atoms. The molecule has 0 atom stereocenters. The van der Waals surface area contributed by atoms with E-state index in [1.165, 1.54) is 110 Å². The molecule has 0 aromatic heterocycles. The highest BCUT2D eigenvalue weighted by molar-refractivity contribution is 5.80. The Morgan fingerprint density at radius 2 is 1.53 bits per heavy atom. The van der Waals surface area contributed by atoms with E-state index < -0.39 is 0 Å². The van der Waals surface area contributed by atoms with Crippen LogP contribution < -0.4 is 10.6 Å². The zero-order chi connectivity index (χ0) is 20.8. The first-order chi connectivity index (χ1) is 14.7. The van der Waals surface area contributed by atoms with Gasteiger partial charge in [0.2, 0.25) is 0 Å². The second-order valence-electron chi connectivity index (χ2n) is 10.4. The fourth-order valence-corrected chi connectivity index (χ4v) is 6.32. The zero-order valence-corrected chi connectivity index (χ0v) is 19.7. The van der Waals surface area contributed by atoms with E-state index in [4.69, 9.17) is 0 Å². The standard InChI is InChI=1S/C24H46N6/c1-25-23(27-21-10-16-29(17-11-21)22-8-4-5-9-22)26-20-24(12-18-28(2)19-13-24)30-14-6-3-7-15-30/h21-22H,3-20H2,1-2H3,(H2,25,26,27). The lowest BCUT2D eigenvalue weighted by Gasteiger charge is -2.50. The molecule has 2 N–H and O–H groups in total. The number of aliphatic imine (C=N–C) groups is 1. The van der Waals surface area contributed by atoms with Crippen LogP contribution in [0.1, 0.15) is 70.6 Å². The minimum Gasteiger partial charge on any atom is -0.355 e. The normalized spacial score (nSPS) is 28.7. The molecular weight excluding hydrogens is 372 g/mol. The zero-order valence-electron chi connectivity index (χ0n) is 19.7. The third kappa shape index (κ3) is 5.49. The molecule has 1 saturated carbocycles. The lowest BCUT2D eigenvalue weighted by molar-refractivity contribution is 0.0172. The monoisotopic (exact) mass is 418 g/mol. The van der Waals surface area contributed by atoms with Crippen molar-refractivity contribution in [2.45, 2.75) is 88.3 Å². The molecule has 0 aromatic carbocycles. The van der Waals surface area contributed by atoms with Gasteiger partial charge in [0.1, 0.15) is 0 Å². The maximum absolute atomic E-state index is 4.61. The summed E-state index contributed by atoms with van der Waals surface area (Å²) >= 11 is 0. The Morgan fingerprint density at radius 3 is 2.17 bits per heavy atom. The molecule has 3 heterocycles. The molecule has 6 nitrogen and oxygen atoms in total. The largest absolute Gasteiger partial charge is 0.355 e. The van der Waals surface area contributed by atoms with E-state index in [1.54, 1.807) is 0 Å². The van der Waals surface area contributed by atoms with Gasteiger partial charge in [0.15, 0.2) is 5.96 Å². The third-order valence-electron chi connectivity index (χ3n) is 8.46. The van der Waals surface area contributed by atoms with Crippen molar-refractivity contribution in [2.75, 3.05) is 59.9 Å². The number of piperidine rings is 3. The molecule has 3 saturated heterocycles. The van der Waals surface area contributed by atoms with Crippen LogP contribution in [0.5, 0.6) is 0 Å². The summed E-state index contributed by atoms with van der Waals surface area (Å²) in [4.78, 5) is 12.7. The number of nitrogens with one attached hydrogen (secondary N) is 2. The molecule has 3 aliphatic heterocycles. The summed E-state index contributed by atoms with van der Waals surface area (Å²) < 4.78 is 0. The Bertz CT molecular complexity index is 536. The van der Waals surface area contributed by atoms with Gasteiger partial charge in [-0.3, -0.25) is 9.89 Å². The highest BCUT2D eigenvalue weighted by atomic mass is 15.3. The fourth-order valence-electron chi connectivity index (χ4n) is 6.32. The van der Waals surface area contributed by atoms with E-state index in [0.717, 1.165) is 18.5 Å². The minimum atomic E-state index is 0.302. The van der Waals surface area contributed by atoms with Gasteiger partial charge in [-0.1, -0.05) is 19.3 Å². The molecule has 0 unspecified atom stereocenters. The number of nitrogens with zero attached hydrogens (tertiary/aromatic N) is 4. The van der Waals surface area contributed by atoms with Gasteiger partial charge in [-0.15, -0.1) is 0 Å². The summed E-state index contributed by atoms with van der Waals surface area (Å²) in [6.45, 7) is 8.51. The van der Waals surface area contributed by atoms with Gasteiger partial charge in [0, 0.05) is 44.3 Å². The van der Waals surface area contributed by atoms with Gasteiger partial charge in [-0.05, 0) is 84.6 Å². The van der Waals surface area contributed by atoms with Crippen molar-refractivity contribution >= 4 is 5.96 Å². The predicted molar refractivity (Wildman–Crippen MR) is 126 cm³/mol. The van der Waals surface area contributed by atoms with E-state index in [2.05, 4.69) is 37.4 Å². The quantitative estimate of drug-likeness (QED) is 0.531. The third-order valence-corrected chi connectivity index (χ3v) is 8.46. The van der Waals surface area contributed by atoms with E-state index in [-0.39, 0.29) is 0 Å². The van der Waals surface area contributed by atoms with Crippen molar-refractivity contribution in [1.29, 1.82) is 0 Å². The minimum absolute atomic E-state index is 0.302. The number of hydrogen-bond acceptors (Lipinski definition) is 4. The lowest BCUT2D eigenvalue weighted by atomic mass is 9.84. The summed E-state index contributed by atoms with van der Waals surface area (Å²) in [6.07, 6.45) is 14.9. The molecule has 0 spiro atoms. The Morgan fingerprint density at radius 1 is 0.867 bits per heavy atom. The molecular formula is C24H46N6. The smallest absolute Gasteiger partial charge is 0.191 e. The van der Waals surface area contributed by atoms with Crippen molar-refractivity contribution in [3.63, 3.8) is 0 Å². The van der Waals surface area contributed by atoms with Crippen LogP contribution >= 0.6 is 0 Å². The van der Waals surface area contributed by atoms with Crippen molar-refractivity contribution < 1.29 is 0 Å². The first-order valence-electron chi connectivity index (χ1n) is 12.8. The van der Waals surface area contributed by atoms with Crippen molar-refractivity contribution in [2.24, 2.45) is 4.99 Å². The van der Waals surface area contributed by atoms with Crippen LogP contribution in [0.4, 0.5) is 0 Å². The summed E-state index contributed by atoms with van der Waals surface area (Å²) in [6, 6.07) is 1.44. The fraction of sp³-hybridized carbons (Fsp3) is 0.958. The van der Waals surface area contributed by atoms with E-state index in [9.17, 15) is 0 Å². The van der Waals surface area contributed by atoms with Crippen molar-refractivity contribution in [3.8, 4) is 0 Å². The maximum Gasteiger partial charge on any atom is 0.191 e. The Labute approximate surface area is 184 Å². The lowest BCUT2D eigenvalue weighted by Crippen LogP contribution is -2.62. The second kappa shape index (κ2) is 10.6. The van der Waals surface area contributed by atoms with Crippen molar-refractivity contribution in [3.05, 3.63) is 0 Å². The number of guanidine groups is 1. The highest BCUT2D eigenvalue weighted by Crippen LogP contribution is 2.31. The first-order valence-corrected chi connectivity index (χ1v) is 12.8. The highest BCUT2D eigenvalue weighted by Gasteiger charge is 2.39. The van der Waals surface area contributed by atoms with Gasteiger partial charge >= 0.3 is 0 Å². The molecule has 6 heteroatoms.